The van der Waals surface area contributed by atoms with Crippen LogP contribution in [0.1, 0.15) is 36.8 Å². The van der Waals surface area contributed by atoms with E-state index in [2.05, 4.69) is 14.9 Å². The molecule has 1 aromatic carbocycles. The highest BCUT2D eigenvalue weighted by atomic mass is 35.5. The highest BCUT2D eigenvalue weighted by Crippen LogP contribution is 2.50. The van der Waals surface area contributed by atoms with E-state index in [0.717, 1.165) is 55.3 Å². The Morgan fingerprint density at radius 2 is 1.90 bits per heavy atom. The van der Waals surface area contributed by atoms with Gasteiger partial charge < -0.3 is 4.90 Å². The quantitative estimate of drug-likeness (QED) is 0.685. The molecule has 0 unspecified atom stereocenters. The molecule has 2 fully saturated rings. The van der Waals surface area contributed by atoms with Crippen molar-refractivity contribution in [2.24, 2.45) is 17.8 Å². The Morgan fingerprint density at radius 3 is 2.55 bits per heavy atom. The molecular formula is C21H26ClN3O3S. The van der Waals surface area contributed by atoms with E-state index in [4.69, 9.17) is 11.6 Å². The Labute approximate surface area is 177 Å². The van der Waals surface area contributed by atoms with Crippen LogP contribution >= 0.6 is 11.6 Å². The molecule has 1 saturated carbocycles. The number of hydrogen-bond donors (Lipinski definition) is 1. The van der Waals surface area contributed by atoms with E-state index < -0.39 is 10.1 Å². The van der Waals surface area contributed by atoms with Crippen LogP contribution in [-0.4, -0.2) is 36.0 Å². The third-order valence-corrected chi connectivity index (χ3v) is 7.44. The Hall–Kier alpha value is -1.70. The van der Waals surface area contributed by atoms with Gasteiger partial charge in [-0.2, -0.15) is 8.42 Å². The van der Waals surface area contributed by atoms with Gasteiger partial charge in [0.2, 0.25) is 5.95 Å². The lowest BCUT2D eigenvalue weighted by Crippen LogP contribution is -2.35. The largest absolute Gasteiger partial charge is 0.341 e. The van der Waals surface area contributed by atoms with E-state index in [9.17, 15) is 13.0 Å². The fraction of sp³-hybridized carbons (Fsp3) is 0.524. The molecule has 1 aromatic heterocycles. The highest BCUT2D eigenvalue weighted by Gasteiger charge is 2.43. The molecule has 2 heterocycles. The van der Waals surface area contributed by atoms with E-state index in [1.165, 1.54) is 12.5 Å². The van der Waals surface area contributed by atoms with Gasteiger partial charge in [-0.25, -0.2) is 9.97 Å². The van der Waals surface area contributed by atoms with Crippen LogP contribution in [-0.2, 0) is 16.5 Å². The summed E-state index contributed by atoms with van der Waals surface area (Å²) in [6, 6.07) is 5.12. The van der Waals surface area contributed by atoms with Crippen LogP contribution in [0, 0.1) is 24.7 Å². The minimum atomic E-state index is -4.17. The second-order valence-corrected chi connectivity index (χ2v) is 10.1. The van der Waals surface area contributed by atoms with E-state index in [-0.39, 0.29) is 4.90 Å². The zero-order chi connectivity index (χ0) is 20.6. The maximum Gasteiger partial charge on any atom is 0.294 e. The highest BCUT2D eigenvalue weighted by molar-refractivity contribution is 7.85. The summed E-state index contributed by atoms with van der Waals surface area (Å²) in [6.45, 7) is 3.86. The molecule has 1 aliphatic carbocycles. The fourth-order valence-electron chi connectivity index (χ4n) is 4.67. The molecule has 6 nitrogen and oxygen atoms in total. The average molecular weight is 436 g/mol. The molecule has 4 rings (SSSR count). The molecule has 29 heavy (non-hydrogen) atoms. The Bertz CT molecular complexity index is 973. The number of anilines is 1. The number of hydrogen-bond acceptors (Lipinski definition) is 5. The molecule has 1 saturated heterocycles. The van der Waals surface area contributed by atoms with Crippen molar-refractivity contribution in [3.05, 3.63) is 46.7 Å². The van der Waals surface area contributed by atoms with Gasteiger partial charge in [0.1, 0.15) is 0 Å². The predicted molar refractivity (Wildman–Crippen MR) is 113 cm³/mol. The van der Waals surface area contributed by atoms with E-state index in [1.807, 2.05) is 13.0 Å². The molecule has 1 aliphatic heterocycles. The first kappa shape index (κ1) is 20.6. The first-order chi connectivity index (χ1) is 13.8. The third-order valence-electron chi connectivity index (χ3n) is 6.29. The topological polar surface area (TPSA) is 83.4 Å². The number of halogens is 1. The molecule has 2 aliphatic rings. The lowest BCUT2D eigenvalue weighted by molar-refractivity contribution is 0.342. The number of aromatic nitrogens is 2. The molecule has 8 heteroatoms. The summed E-state index contributed by atoms with van der Waals surface area (Å²) >= 11 is 5.87. The van der Waals surface area contributed by atoms with Crippen molar-refractivity contribution >= 4 is 27.7 Å². The van der Waals surface area contributed by atoms with Gasteiger partial charge >= 0.3 is 0 Å². The second kappa shape index (κ2) is 8.20. The van der Waals surface area contributed by atoms with Crippen LogP contribution in [0.3, 0.4) is 0 Å². The van der Waals surface area contributed by atoms with Crippen LogP contribution in [0.15, 0.2) is 35.5 Å². The SMILES string of the molecule is Cc1ccc(S(=O)(=O)O)c(CC[C@@H]2C[C@H]2C2CCN(c3ncc(Cl)cn3)CC2)c1. The van der Waals surface area contributed by atoms with Gasteiger partial charge in [-0.3, -0.25) is 4.55 Å². The van der Waals surface area contributed by atoms with Gasteiger partial charge in [-0.15, -0.1) is 0 Å². The van der Waals surface area contributed by atoms with Crippen molar-refractivity contribution in [2.45, 2.75) is 43.9 Å². The second-order valence-electron chi connectivity index (χ2n) is 8.31. The van der Waals surface area contributed by atoms with Crippen molar-refractivity contribution in [3.8, 4) is 0 Å². The van der Waals surface area contributed by atoms with Crippen molar-refractivity contribution in [1.29, 1.82) is 0 Å². The molecule has 1 N–H and O–H groups in total. The van der Waals surface area contributed by atoms with E-state index in [1.54, 1.807) is 18.5 Å². The molecule has 0 amide bonds. The van der Waals surface area contributed by atoms with Crippen molar-refractivity contribution < 1.29 is 13.0 Å². The lowest BCUT2D eigenvalue weighted by Gasteiger charge is -2.32. The summed E-state index contributed by atoms with van der Waals surface area (Å²) in [5.74, 6) is 2.83. The summed E-state index contributed by atoms with van der Waals surface area (Å²) in [5, 5.41) is 0.551. The Balaban J connectivity index is 1.30. The summed E-state index contributed by atoms with van der Waals surface area (Å²) in [4.78, 5) is 10.9. The molecule has 2 atom stereocenters. The first-order valence-electron chi connectivity index (χ1n) is 10.1. The number of piperidine rings is 1. The zero-order valence-corrected chi connectivity index (χ0v) is 18.0. The van der Waals surface area contributed by atoms with Gasteiger partial charge in [-0.1, -0.05) is 29.3 Å². The molecule has 2 aromatic rings. The minimum Gasteiger partial charge on any atom is -0.341 e. The minimum absolute atomic E-state index is 0.0524. The predicted octanol–water partition coefficient (Wildman–Crippen LogP) is 4.17. The van der Waals surface area contributed by atoms with Gasteiger partial charge in [0.05, 0.1) is 22.3 Å². The van der Waals surface area contributed by atoms with Gasteiger partial charge in [0.15, 0.2) is 0 Å². The summed E-state index contributed by atoms with van der Waals surface area (Å²) in [7, 11) is -4.17. The van der Waals surface area contributed by atoms with Crippen LogP contribution in [0.4, 0.5) is 5.95 Å². The first-order valence-corrected chi connectivity index (χ1v) is 11.9. The molecule has 0 spiro atoms. The third kappa shape index (κ3) is 4.90. The maximum atomic E-state index is 11.6. The summed E-state index contributed by atoms with van der Waals surface area (Å²) in [5.41, 5.74) is 1.74. The number of rotatable bonds is 6. The van der Waals surface area contributed by atoms with Gasteiger partial charge in [-0.05, 0) is 68.4 Å². The van der Waals surface area contributed by atoms with Crippen molar-refractivity contribution in [2.75, 3.05) is 18.0 Å². The van der Waals surface area contributed by atoms with E-state index >= 15 is 0 Å². The maximum absolute atomic E-state index is 11.6. The number of aryl methyl sites for hydroxylation is 2. The van der Waals surface area contributed by atoms with Crippen LogP contribution < -0.4 is 4.90 Å². The smallest absolute Gasteiger partial charge is 0.294 e. The lowest BCUT2D eigenvalue weighted by atomic mass is 9.90. The van der Waals surface area contributed by atoms with Crippen LogP contribution in [0.25, 0.3) is 0 Å². The number of nitrogens with zero attached hydrogens (tertiary/aromatic N) is 3. The fourth-order valence-corrected chi connectivity index (χ4v) is 5.50. The molecular weight excluding hydrogens is 410 g/mol. The standard InChI is InChI=1S/C21H26ClN3O3S/c1-14-2-5-20(29(26,27)28)17(10-14)4-3-16-11-19(16)15-6-8-25(9-7-15)21-23-12-18(22)13-24-21/h2,5,10,12-13,15-16,19H,3-4,6-9,11H2,1H3,(H,26,27,28)/t16-,19+/m1/s1. The van der Waals surface area contributed by atoms with E-state index in [0.29, 0.717) is 23.3 Å². The Morgan fingerprint density at radius 1 is 1.21 bits per heavy atom. The van der Waals surface area contributed by atoms with Crippen LogP contribution in [0.5, 0.6) is 0 Å². The summed E-state index contributed by atoms with van der Waals surface area (Å²) < 4.78 is 32.8. The molecule has 0 bridgehead atoms. The average Bonchev–Trinajstić information content (AvgIpc) is 3.46. The Kier molecular flexibility index (Phi) is 5.82. The van der Waals surface area contributed by atoms with Gasteiger partial charge in [0.25, 0.3) is 10.1 Å². The normalized spacial score (nSPS) is 22.7. The molecule has 0 radical (unpaired) electrons. The van der Waals surface area contributed by atoms with Crippen molar-refractivity contribution in [3.63, 3.8) is 0 Å². The van der Waals surface area contributed by atoms with Crippen LogP contribution in [0.2, 0.25) is 5.02 Å². The van der Waals surface area contributed by atoms with Crippen molar-refractivity contribution in [1.82, 2.24) is 9.97 Å². The monoisotopic (exact) mass is 435 g/mol. The number of benzene rings is 1. The van der Waals surface area contributed by atoms with Gasteiger partial charge in [0, 0.05) is 13.1 Å². The molecule has 156 valence electrons. The zero-order valence-electron chi connectivity index (χ0n) is 16.5. The summed E-state index contributed by atoms with van der Waals surface area (Å²) in [6.07, 6.45) is 8.42.